The van der Waals surface area contributed by atoms with Crippen molar-refractivity contribution in [2.45, 2.75) is 26.5 Å². The van der Waals surface area contributed by atoms with Crippen molar-refractivity contribution in [2.75, 3.05) is 7.11 Å². The molecule has 0 aliphatic heterocycles. The number of fused-ring (bicyclic) bond motifs is 3. The van der Waals surface area contributed by atoms with E-state index in [1.54, 1.807) is 26.0 Å². The second-order valence-electron chi connectivity index (χ2n) is 7.35. The van der Waals surface area contributed by atoms with E-state index < -0.39 is 17.6 Å². The highest BCUT2D eigenvalue weighted by Crippen LogP contribution is 2.29. The predicted octanol–water partition coefficient (Wildman–Crippen LogP) is 2.07. The number of methoxy groups -OCH3 is 1. The highest BCUT2D eigenvalue weighted by atomic mass is 19.1. The van der Waals surface area contributed by atoms with Crippen LogP contribution in [-0.4, -0.2) is 47.5 Å². The largest absolute Gasteiger partial charge is 0.480 e. The summed E-state index contributed by atoms with van der Waals surface area (Å²) >= 11 is 0. The number of carboxylic acids is 1. The minimum atomic E-state index is -1.15. The molecule has 160 valence electrons. The van der Waals surface area contributed by atoms with Crippen LogP contribution in [0.3, 0.4) is 0 Å². The second kappa shape index (κ2) is 7.84. The van der Waals surface area contributed by atoms with Gasteiger partial charge >= 0.3 is 5.97 Å². The summed E-state index contributed by atoms with van der Waals surface area (Å²) in [7, 11) is 1.51. The number of halogens is 1. The molecule has 0 saturated carbocycles. The fraction of sp³-hybridized carbons (Fsp3) is 0.300. The average Bonchev–Trinajstić information content (AvgIpc) is 3.08. The minimum absolute atomic E-state index is 0.112. The number of aliphatic carboxylic acids is 1. The molecule has 0 aliphatic carbocycles. The van der Waals surface area contributed by atoms with Crippen LogP contribution in [0.25, 0.3) is 27.9 Å². The van der Waals surface area contributed by atoms with Gasteiger partial charge in [0.2, 0.25) is 0 Å². The molecule has 1 atom stereocenters. The van der Waals surface area contributed by atoms with Gasteiger partial charge in [-0.25, -0.2) is 14.2 Å². The Morgan fingerprint density at radius 1 is 1.19 bits per heavy atom. The fourth-order valence-electron chi connectivity index (χ4n) is 3.55. The monoisotopic (exact) mass is 426 g/mol. The number of hydrogen-bond donors (Lipinski definition) is 1. The quantitative estimate of drug-likeness (QED) is 0.497. The van der Waals surface area contributed by atoms with Crippen LogP contribution < -0.4 is 5.56 Å². The van der Waals surface area contributed by atoms with Crippen LogP contribution in [0, 0.1) is 11.7 Å². The Hall–Kier alpha value is -3.73. The lowest BCUT2D eigenvalue weighted by Crippen LogP contribution is -2.34. The predicted molar refractivity (Wildman–Crippen MR) is 108 cm³/mol. The molecule has 0 radical (unpaired) electrons. The van der Waals surface area contributed by atoms with Crippen molar-refractivity contribution in [2.24, 2.45) is 5.92 Å². The number of nitrogens with zero attached hydrogens (tertiary/aromatic N) is 6. The van der Waals surface area contributed by atoms with Crippen molar-refractivity contribution in [3.63, 3.8) is 0 Å². The van der Waals surface area contributed by atoms with Gasteiger partial charge in [0.1, 0.15) is 18.2 Å². The zero-order chi connectivity index (χ0) is 22.3. The van der Waals surface area contributed by atoms with Gasteiger partial charge in [0, 0.05) is 7.11 Å². The number of aromatic nitrogens is 6. The number of ether oxygens (including phenoxy) is 1. The van der Waals surface area contributed by atoms with Crippen LogP contribution in [0.5, 0.6) is 0 Å². The molecule has 0 fully saturated rings. The van der Waals surface area contributed by atoms with Crippen LogP contribution in [-0.2, 0) is 16.1 Å². The van der Waals surface area contributed by atoms with E-state index in [9.17, 15) is 19.1 Å². The summed E-state index contributed by atoms with van der Waals surface area (Å²) in [5.74, 6) is -1.88. The summed E-state index contributed by atoms with van der Waals surface area (Å²) in [6.07, 6.45) is 1.18. The van der Waals surface area contributed by atoms with Gasteiger partial charge in [-0.15, -0.1) is 10.2 Å². The molecule has 3 heterocycles. The van der Waals surface area contributed by atoms with Gasteiger partial charge in [0.05, 0.1) is 17.9 Å². The molecule has 1 aromatic carbocycles. The van der Waals surface area contributed by atoms with Gasteiger partial charge in [-0.2, -0.15) is 9.61 Å². The Balaban J connectivity index is 1.99. The van der Waals surface area contributed by atoms with Gasteiger partial charge in [0.15, 0.2) is 16.8 Å². The van der Waals surface area contributed by atoms with Gasteiger partial charge < -0.3 is 9.84 Å². The van der Waals surface area contributed by atoms with Crippen molar-refractivity contribution in [1.29, 1.82) is 0 Å². The first-order chi connectivity index (χ1) is 14.8. The SMILES string of the molecule is COCc1nn2c(nnc3c(=O)n(C(C(=O)O)C(C)C)cnc32)c1-c1ccc(F)cc1. The number of benzene rings is 1. The standard InChI is InChI=1S/C20H19FN6O4/c1-10(2)16(20(29)30)26-9-22-18-15(19(26)28)23-24-17-14(11-4-6-12(21)7-5-11)13(8-31-3)25-27(17)18/h4-7,9-10,16H,8H2,1-3H3,(H,29,30). The summed E-state index contributed by atoms with van der Waals surface area (Å²) in [5.41, 5.74) is 1.43. The molecule has 4 rings (SSSR count). The van der Waals surface area contributed by atoms with Gasteiger partial charge in [-0.05, 0) is 23.6 Å². The van der Waals surface area contributed by atoms with Crippen LogP contribution >= 0.6 is 0 Å². The molecule has 0 amide bonds. The third kappa shape index (κ3) is 3.42. The Morgan fingerprint density at radius 2 is 1.90 bits per heavy atom. The second-order valence-corrected chi connectivity index (χ2v) is 7.35. The van der Waals surface area contributed by atoms with E-state index in [2.05, 4.69) is 20.3 Å². The van der Waals surface area contributed by atoms with Crippen molar-refractivity contribution in [3.8, 4) is 11.1 Å². The highest BCUT2D eigenvalue weighted by molar-refractivity contribution is 5.83. The molecule has 10 nitrogen and oxygen atoms in total. The molecule has 4 aromatic rings. The lowest BCUT2D eigenvalue weighted by Gasteiger charge is -2.18. The van der Waals surface area contributed by atoms with Gasteiger partial charge in [-0.1, -0.05) is 26.0 Å². The number of carboxylic acid groups (broad SMARTS) is 1. The minimum Gasteiger partial charge on any atom is -0.480 e. The van der Waals surface area contributed by atoms with Crippen molar-refractivity contribution in [1.82, 2.24) is 29.4 Å². The third-order valence-corrected chi connectivity index (χ3v) is 4.93. The normalized spacial score (nSPS) is 12.7. The molecule has 0 aliphatic rings. The Labute approximate surface area is 174 Å². The molecule has 3 aromatic heterocycles. The maximum absolute atomic E-state index is 13.4. The van der Waals surface area contributed by atoms with Gasteiger partial charge in [0.25, 0.3) is 5.56 Å². The highest BCUT2D eigenvalue weighted by Gasteiger charge is 2.27. The number of hydrogen-bond acceptors (Lipinski definition) is 7. The van der Waals surface area contributed by atoms with Crippen LogP contribution in [0.15, 0.2) is 35.4 Å². The van der Waals surface area contributed by atoms with Crippen molar-refractivity contribution >= 4 is 22.8 Å². The lowest BCUT2D eigenvalue weighted by atomic mass is 10.0. The Bertz CT molecular complexity index is 1350. The molecule has 11 heteroatoms. The smallest absolute Gasteiger partial charge is 0.327 e. The maximum Gasteiger partial charge on any atom is 0.327 e. The summed E-state index contributed by atoms with van der Waals surface area (Å²) in [6.45, 7) is 3.54. The lowest BCUT2D eigenvalue weighted by molar-refractivity contribution is -0.142. The zero-order valence-corrected chi connectivity index (χ0v) is 17.0. The van der Waals surface area contributed by atoms with E-state index in [4.69, 9.17) is 4.74 Å². The van der Waals surface area contributed by atoms with E-state index in [1.165, 1.54) is 30.1 Å². The third-order valence-electron chi connectivity index (χ3n) is 4.93. The van der Waals surface area contributed by atoms with Crippen LogP contribution in [0.2, 0.25) is 0 Å². The van der Waals surface area contributed by atoms with Crippen LogP contribution in [0.1, 0.15) is 25.6 Å². The first kappa shape index (κ1) is 20.5. The average molecular weight is 426 g/mol. The molecule has 1 N–H and O–H groups in total. The van der Waals surface area contributed by atoms with E-state index in [0.717, 1.165) is 4.57 Å². The topological polar surface area (TPSA) is 124 Å². The maximum atomic E-state index is 13.4. The van der Waals surface area contributed by atoms with E-state index in [1.807, 2.05) is 0 Å². The molecule has 0 bridgehead atoms. The molecule has 1 unspecified atom stereocenters. The summed E-state index contributed by atoms with van der Waals surface area (Å²) in [6, 6.07) is 4.71. The van der Waals surface area contributed by atoms with Crippen LogP contribution in [0.4, 0.5) is 4.39 Å². The first-order valence-corrected chi connectivity index (χ1v) is 9.46. The molecule has 0 saturated heterocycles. The van der Waals surface area contributed by atoms with Crippen molar-refractivity contribution in [3.05, 3.63) is 52.5 Å². The number of carbonyl (C=O) groups is 1. The molecule has 31 heavy (non-hydrogen) atoms. The number of rotatable bonds is 6. The molecule has 0 spiro atoms. The van der Waals surface area contributed by atoms with E-state index >= 15 is 0 Å². The first-order valence-electron chi connectivity index (χ1n) is 9.46. The Morgan fingerprint density at radius 3 is 2.52 bits per heavy atom. The zero-order valence-electron chi connectivity index (χ0n) is 17.0. The summed E-state index contributed by atoms with van der Waals surface area (Å²) in [5, 5.41) is 22.2. The molecular formula is C20H19FN6O4. The van der Waals surface area contributed by atoms with Gasteiger partial charge in [-0.3, -0.25) is 9.36 Å². The fourth-order valence-corrected chi connectivity index (χ4v) is 3.55. The van der Waals surface area contributed by atoms with E-state index in [-0.39, 0.29) is 29.5 Å². The van der Waals surface area contributed by atoms with Crippen molar-refractivity contribution < 1.29 is 19.0 Å². The molecular weight excluding hydrogens is 407 g/mol. The summed E-state index contributed by atoms with van der Waals surface area (Å²) in [4.78, 5) is 28.9. The Kier molecular flexibility index (Phi) is 5.19. The summed E-state index contributed by atoms with van der Waals surface area (Å²) < 4.78 is 21.0. The van der Waals surface area contributed by atoms with E-state index in [0.29, 0.717) is 22.5 Å².